The van der Waals surface area contributed by atoms with E-state index >= 15 is 0 Å². The van der Waals surface area contributed by atoms with Gasteiger partial charge in [-0.2, -0.15) is 0 Å². The first-order chi connectivity index (χ1) is 15.2. The van der Waals surface area contributed by atoms with Crippen molar-refractivity contribution in [3.63, 3.8) is 0 Å². The van der Waals surface area contributed by atoms with Crippen molar-refractivity contribution in [1.29, 1.82) is 0 Å². The molecule has 0 aliphatic carbocycles. The average Bonchev–Trinajstić information content (AvgIpc) is 3.26. The van der Waals surface area contributed by atoms with Crippen LogP contribution in [0.4, 0.5) is 0 Å². The van der Waals surface area contributed by atoms with Crippen LogP contribution >= 0.6 is 0 Å². The lowest BCUT2D eigenvalue weighted by Crippen LogP contribution is -2.25. The molecule has 0 unspecified atom stereocenters. The van der Waals surface area contributed by atoms with Crippen LogP contribution in [0.25, 0.3) is 0 Å². The first-order valence-corrected chi connectivity index (χ1v) is 10.4. The smallest absolute Gasteiger partial charge is 0.286 e. The van der Waals surface area contributed by atoms with Crippen LogP contribution in [0.5, 0.6) is 5.75 Å². The highest BCUT2D eigenvalue weighted by Crippen LogP contribution is 2.18. The first-order valence-electron chi connectivity index (χ1n) is 10.4. The fraction of sp³-hybridized carbons (Fsp3) is 0.320. The molecule has 1 aromatic heterocycles. The van der Waals surface area contributed by atoms with E-state index in [4.69, 9.17) is 13.9 Å². The van der Waals surface area contributed by atoms with Crippen molar-refractivity contribution in [2.24, 2.45) is 0 Å². The molecule has 0 aliphatic heterocycles. The number of furan rings is 1. The van der Waals surface area contributed by atoms with Gasteiger partial charge in [0.15, 0.2) is 5.76 Å². The molecule has 0 fully saturated rings. The highest BCUT2D eigenvalue weighted by molar-refractivity contribution is 5.91. The van der Waals surface area contributed by atoms with Crippen LogP contribution in [0.2, 0.25) is 0 Å². The first kappa shape index (κ1) is 22.6. The summed E-state index contributed by atoms with van der Waals surface area (Å²) in [7, 11) is 3.31. The third-order valence-electron chi connectivity index (χ3n) is 4.89. The second-order valence-electron chi connectivity index (χ2n) is 7.35. The molecule has 0 saturated carbocycles. The van der Waals surface area contributed by atoms with Crippen LogP contribution in [0.15, 0.2) is 71.1 Å². The van der Waals surface area contributed by atoms with Gasteiger partial charge < -0.3 is 19.2 Å². The van der Waals surface area contributed by atoms with E-state index < -0.39 is 0 Å². The largest absolute Gasteiger partial charge is 0.497 e. The Morgan fingerprint density at radius 1 is 0.903 bits per heavy atom. The van der Waals surface area contributed by atoms with Crippen molar-refractivity contribution in [2.45, 2.75) is 26.1 Å². The average molecular weight is 423 g/mol. The molecule has 6 nitrogen and oxygen atoms in total. The van der Waals surface area contributed by atoms with Gasteiger partial charge in [0, 0.05) is 33.4 Å². The lowest BCUT2D eigenvalue weighted by Gasteiger charge is -2.21. The van der Waals surface area contributed by atoms with Crippen molar-refractivity contribution in [1.82, 2.24) is 10.2 Å². The van der Waals surface area contributed by atoms with Gasteiger partial charge in [0.2, 0.25) is 0 Å². The van der Waals surface area contributed by atoms with Gasteiger partial charge >= 0.3 is 0 Å². The molecule has 0 aliphatic rings. The molecular weight excluding hydrogens is 392 g/mol. The molecule has 1 N–H and O–H groups in total. The number of nitrogens with zero attached hydrogens (tertiary/aromatic N) is 1. The van der Waals surface area contributed by atoms with Gasteiger partial charge in [-0.3, -0.25) is 9.69 Å². The molecule has 0 saturated heterocycles. The van der Waals surface area contributed by atoms with Gasteiger partial charge in [0.25, 0.3) is 5.91 Å². The Balaban J connectivity index is 1.66. The van der Waals surface area contributed by atoms with Crippen LogP contribution in [0, 0.1) is 0 Å². The van der Waals surface area contributed by atoms with Crippen LogP contribution in [0.3, 0.4) is 0 Å². The summed E-state index contributed by atoms with van der Waals surface area (Å²) in [6.07, 6.45) is 0.766. The molecule has 0 atom stereocenters. The fourth-order valence-electron chi connectivity index (χ4n) is 3.31. The van der Waals surface area contributed by atoms with E-state index in [1.807, 2.05) is 36.4 Å². The van der Waals surface area contributed by atoms with Crippen molar-refractivity contribution in [3.05, 3.63) is 89.4 Å². The Labute approximate surface area is 183 Å². The molecule has 1 heterocycles. The zero-order chi connectivity index (χ0) is 21.9. The molecule has 0 bridgehead atoms. The Bertz CT molecular complexity index is 922. The molecule has 2 aromatic carbocycles. The fourth-order valence-corrected chi connectivity index (χ4v) is 3.31. The Hall–Kier alpha value is -3.09. The lowest BCUT2D eigenvalue weighted by molar-refractivity contribution is 0.0916. The number of rotatable bonds is 12. The monoisotopic (exact) mass is 422 g/mol. The van der Waals surface area contributed by atoms with Gasteiger partial charge in [-0.25, -0.2) is 0 Å². The molecule has 1 amide bonds. The quantitative estimate of drug-likeness (QED) is 0.442. The predicted octanol–water partition coefficient (Wildman–Crippen LogP) is 4.26. The van der Waals surface area contributed by atoms with Crippen LogP contribution in [-0.2, 0) is 24.4 Å². The highest BCUT2D eigenvalue weighted by atomic mass is 16.5. The van der Waals surface area contributed by atoms with Crippen molar-refractivity contribution in [2.75, 3.05) is 27.4 Å². The van der Waals surface area contributed by atoms with Crippen molar-refractivity contribution >= 4 is 5.91 Å². The summed E-state index contributed by atoms with van der Waals surface area (Å²) in [6, 6.07) is 22.0. The summed E-state index contributed by atoms with van der Waals surface area (Å²) in [6.45, 7) is 3.28. The van der Waals surface area contributed by atoms with E-state index in [1.54, 1.807) is 20.3 Å². The third kappa shape index (κ3) is 7.27. The summed E-state index contributed by atoms with van der Waals surface area (Å²) in [4.78, 5) is 14.6. The van der Waals surface area contributed by atoms with Crippen molar-refractivity contribution in [3.8, 4) is 5.75 Å². The number of amides is 1. The second kappa shape index (κ2) is 11.9. The SMILES string of the molecule is COCCCNC(=O)c1ccc(CN(Cc2ccccc2)Cc2ccc(OC)cc2)o1. The third-order valence-corrected chi connectivity index (χ3v) is 4.89. The van der Waals surface area contributed by atoms with Crippen molar-refractivity contribution < 1.29 is 18.7 Å². The maximum absolute atomic E-state index is 12.3. The van der Waals surface area contributed by atoms with E-state index in [1.165, 1.54) is 11.1 Å². The van der Waals surface area contributed by atoms with E-state index in [2.05, 4.69) is 34.5 Å². The molecule has 0 radical (unpaired) electrons. The van der Waals surface area contributed by atoms with Crippen LogP contribution in [-0.4, -0.2) is 38.2 Å². The van der Waals surface area contributed by atoms with E-state index in [0.717, 1.165) is 31.0 Å². The molecule has 164 valence electrons. The minimum Gasteiger partial charge on any atom is -0.497 e. The summed E-state index contributed by atoms with van der Waals surface area (Å²) in [5.41, 5.74) is 2.40. The number of methoxy groups -OCH3 is 2. The standard InChI is InChI=1S/C25H30N2O4/c1-29-16-6-15-26-25(28)24-14-13-23(31-24)19-27(17-20-7-4-3-5-8-20)18-21-9-11-22(30-2)12-10-21/h3-5,7-14H,6,15-19H2,1-2H3,(H,26,28). The Morgan fingerprint density at radius 2 is 1.61 bits per heavy atom. The minimum absolute atomic E-state index is 0.202. The summed E-state index contributed by atoms with van der Waals surface area (Å²) >= 11 is 0. The lowest BCUT2D eigenvalue weighted by atomic mass is 10.1. The summed E-state index contributed by atoms with van der Waals surface area (Å²) in [5.74, 6) is 1.72. The number of benzene rings is 2. The van der Waals surface area contributed by atoms with Gasteiger partial charge in [-0.05, 0) is 41.8 Å². The van der Waals surface area contributed by atoms with Gasteiger partial charge in [-0.15, -0.1) is 0 Å². The summed E-state index contributed by atoms with van der Waals surface area (Å²) < 4.78 is 16.1. The number of nitrogens with one attached hydrogen (secondary N) is 1. The highest BCUT2D eigenvalue weighted by Gasteiger charge is 2.14. The zero-order valence-corrected chi connectivity index (χ0v) is 18.2. The normalized spacial score (nSPS) is 10.9. The minimum atomic E-state index is -0.202. The van der Waals surface area contributed by atoms with E-state index in [0.29, 0.717) is 25.5 Å². The van der Waals surface area contributed by atoms with Crippen LogP contribution in [0.1, 0.15) is 33.9 Å². The van der Waals surface area contributed by atoms with E-state index in [-0.39, 0.29) is 5.91 Å². The Kier molecular flexibility index (Phi) is 8.70. The molecule has 3 rings (SSSR count). The number of carbonyl (C=O) groups excluding carboxylic acids is 1. The predicted molar refractivity (Wildman–Crippen MR) is 120 cm³/mol. The topological polar surface area (TPSA) is 63.9 Å². The number of ether oxygens (including phenoxy) is 2. The second-order valence-corrected chi connectivity index (χ2v) is 7.35. The molecular formula is C25H30N2O4. The number of hydrogen-bond donors (Lipinski definition) is 1. The summed E-state index contributed by atoms with van der Waals surface area (Å²) in [5, 5.41) is 2.85. The number of hydrogen-bond acceptors (Lipinski definition) is 5. The van der Waals surface area contributed by atoms with Gasteiger partial charge in [0.05, 0.1) is 13.7 Å². The molecule has 31 heavy (non-hydrogen) atoms. The van der Waals surface area contributed by atoms with Crippen LogP contribution < -0.4 is 10.1 Å². The molecule has 6 heteroatoms. The van der Waals surface area contributed by atoms with Gasteiger partial charge in [0.1, 0.15) is 11.5 Å². The Morgan fingerprint density at radius 3 is 2.29 bits per heavy atom. The maximum Gasteiger partial charge on any atom is 0.286 e. The molecule has 0 spiro atoms. The zero-order valence-electron chi connectivity index (χ0n) is 18.2. The maximum atomic E-state index is 12.3. The number of carbonyl (C=O) groups is 1. The van der Waals surface area contributed by atoms with E-state index in [9.17, 15) is 4.79 Å². The molecule has 3 aromatic rings. The van der Waals surface area contributed by atoms with Gasteiger partial charge in [-0.1, -0.05) is 42.5 Å².